The zero-order valence-electron chi connectivity index (χ0n) is 15.5. The number of fused-ring (bicyclic) bond motifs is 1. The van der Waals surface area contributed by atoms with E-state index in [1.807, 2.05) is 0 Å². The van der Waals surface area contributed by atoms with Crippen molar-refractivity contribution < 1.29 is 23.9 Å². The van der Waals surface area contributed by atoms with Gasteiger partial charge in [-0.1, -0.05) is 13.0 Å². The highest BCUT2D eigenvalue weighted by Gasteiger charge is 2.50. The van der Waals surface area contributed by atoms with E-state index in [1.54, 1.807) is 30.0 Å². The lowest BCUT2D eigenvalue weighted by Gasteiger charge is -2.31. The molecule has 8 heteroatoms. The van der Waals surface area contributed by atoms with Crippen molar-refractivity contribution in [2.75, 3.05) is 26.4 Å². The van der Waals surface area contributed by atoms with E-state index in [4.69, 9.17) is 9.47 Å². The Morgan fingerprint density at radius 1 is 1.30 bits per heavy atom. The van der Waals surface area contributed by atoms with Crippen LogP contribution in [-0.4, -0.2) is 54.1 Å². The molecule has 3 aliphatic rings. The van der Waals surface area contributed by atoms with Crippen LogP contribution in [0.2, 0.25) is 0 Å². The number of hydrogen-bond acceptors (Lipinski definition) is 5. The van der Waals surface area contributed by atoms with E-state index in [2.05, 4.69) is 12.2 Å². The summed E-state index contributed by atoms with van der Waals surface area (Å²) < 4.78 is 10.7. The van der Waals surface area contributed by atoms with Crippen molar-refractivity contribution in [3.63, 3.8) is 0 Å². The van der Waals surface area contributed by atoms with Gasteiger partial charge in [0.2, 0.25) is 12.7 Å². The van der Waals surface area contributed by atoms with E-state index in [0.717, 1.165) is 17.7 Å². The molecule has 3 aliphatic heterocycles. The molecule has 0 bridgehead atoms. The van der Waals surface area contributed by atoms with Crippen molar-refractivity contribution in [2.24, 2.45) is 5.92 Å². The second kappa shape index (κ2) is 6.44. The predicted molar refractivity (Wildman–Crippen MR) is 95.1 cm³/mol. The van der Waals surface area contributed by atoms with Crippen LogP contribution in [-0.2, 0) is 15.1 Å². The summed E-state index contributed by atoms with van der Waals surface area (Å²) >= 11 is 0. The summed E-state index contributed by atoms with van der Waals surface area (Å²) in [5.74, 6) is 0.937. The normalized spacial score (nSPS) is 27.1. The summed E-state index contributed by atoms with van der Waals surface area (Å²) in [7, 11) is 0. The maximum atomic E-state index is 13.0. The van der Waals surface area contributed by atoms with Crippen LogP contribution in [0.15, 0.2) is 18.2 Å². The van der Waals surface area contributed by atoms with Gasteiger partial charge >= 0.3 is 6.03 Å². The van der Waals surface area contributed by atoms with Crippen LogP contribution < -0.4 is 14.8 Å². The van der Waals surface area contributed by atoms with Crippen LogP contribution in [0.4, 0.5) is 4.79 Å². The van der Waals surface area contributed by atoms with Crippen molar-refractivity contribution in [1.82, 2.24) is 15.1 Å². The van der Waals surface area contributed by atoms with Gasteiger partial charge in [-0.05, 0) is 43.4 Å². The maximum Gasteiger partial charge on any atom is 0.325 e. The van der Waals surface area contributed by atoms with Crippen LogP contribution in [0, 0.1) is 5.92 Å². The molecule has 0 radical (unpaired) electrons. The number of urea groups is 1. The van der Waals surface area contributed by atoms with Gasteiger partial charge in [0, 0.05) is 13.1 Å². The van der Waals surface area contributed by atoms with Crippen LogP contribution in [0.3, 0.4) is 0 Å². The molecular formula is C19H23N3O5. The zero-order valence-corrected chi connectivity index (χ0v) is 15.5. The maximum absolute atomic E-state index is 13.0. The number of rotatable bonds is 3. The van der Waals surface area contributed by atoms with Gasteiger partial charge < -0.3 is 19.7 Å². The second-order valence-corrected chi connectivity index (χ2v) is 7.60. The average Bonchev–Trinajstić information content (AvgIpc) is 3.20. The third kappa shape index (κ3) is 2.98. The van der Waals surface area contributed by atoms with Gasteiger partial charge in [-0.15, -0.1) is 0 Å². The van der Waals surface area contributed by atoms with E-state index in [-0.39, 0.29) is 19.2 Å². The first-order chi connectivity index (χ1) is 12.9. The average molecular weight is 373 g/mol. The van der Waals surface area contributed by atoms with E-state index >= 15 is 0 Å². The lowest BCUT2D eigenvalue weighted by Crippen LogP contribution is -2.47. The van der Waals surface area contributed by atoms with E-state index in [9.17, 15) is 14.4 Å². The summed E-state index contributed by atoms with van der Waals surface area (Å²) in [4.78, 5) is 40.8. The number of nitrogens with one attached hydrogen (secondary N) is 1. The molecule has 3 heterocycles. The molecule has 0 aromatic heterocycles. The molecule has 144 valence electrons. The number of nitrogens with zero attached hydrogens (tertiary/aromatic N) is 2. The smallest absolute Gasteiger partial charge is 0.325 e. The lowest BCUT2D eigenvalue weighted by atomic mass is 9.91. The first-order valence-electron chi connectivity index (χ1n) is 9.20. The van der Waals surface area contributed by atoms with Crippen LogP contribution in [0.1, 0.15) is 32.3 Å². The number of carbonyl (C=O) groups excluding carboxylic acids is 3. The first kappa shape index (κ1) is 17.6. The molecule has 1 aromatic rings. The molecule has 4 rings (SSSR count). The summed E-state index contributed by atoms with van der Waals surface area (Å²) in [6.07, 6.45) is 2.04. The SMILES string of the molecule is C[C@H]1CCCN(C(=O)CN2C(=O)N[C@@](C)(c3ccc4c(c3)OCO4)C2=O)C1. The molecule has 1 aromatic carbocycles. The summed E-state index contributed by atoms with van der Waals surface area (Å²) in [6, 6.07) is 4.57. The second-order valence-electron chi connectivity index (χ2n) is 7.60. The van der Waals surface area contributed by atoms with Crippen LogP contribution in [0.25, 0.3) is 0 Å². The molecule has 2 fully saturated rings. The summed E-state index contributed by atoms with van der Waals surface area (Å²) in [6.45, 7) is 4.97. The Bertz CT molecular complexity index is 811. The third-order valence-electron chi connectivity index (χ3n) is 5.53. The topological polar surface area (TPSA) is 88.2 Å². The van der Waals surface area contributed by atoms with Gasteiger partial charge in [0.1, 0.15) is 12.1 Å². The zero-order chi connectivity index (χ0) is 19.2. The van der Waals surface area contributed by atoms with Crippen molar-refractivity contribution in [3.05, 3.63) is 23.8 Å². The summed E-state index contributed by atoms with van der Waals surface area (Å²) in [5.41, 5.74) is -0.653. The predicted octanol–water partition coefficient (Wildman–Crippen LogP) is 1.44. The fourth-order valence-electron chi connectivity index (χ4n) is 3.89. The minimum absolute atomic E-state index is 0.130. The number of piperidine rings is 1. The highest BCUT2D eigenvalue weighted by Crippen LogP contribution is 2.37. The Hall–Kier alpha value is -2.77. The van der Waals surface area contributed by atoms with Crippen molar-refractivity contribution >= 4 is 17.8 Å². The van der Waals surface area contributed by atoms with E-state index in [1.165, 1.54) is 0 Å². The Balaban J connectivity index is 1.52. The quantitative estimate of drug-likeness (QED) is 0.810. The Morgan fingerprint density at radius 2 is 2.07 bits per heavy atom. The van der Waals surface area contributed by atoms with Gasteiger partial charge in [-0.2, -0.15) is 0 Å². The fourth-order valence-corrected chi connectivity index (χ4v) is 3.89. The number of carbonyl (C=O) groups is 3. The molecule has 2 saturated heterocycles. The number of likely N-dealkylation sites (tertiary alicyclic amines) is 1. The van der Waals surface area contributed by atoms with Crippen molar-refractivity contribution in [2.45, 2.75) is 32.2 Å². The molecule has 0 aliphatic carbocycles. The largest absolute Gasteiger partial charge is 0.454 e. The molecule has 2 atom stereocenters. The van der Waals surface area contributed by atoms with Gasteiger partial charge in [0.15, 0.2) is 11.5 Å². The first-order valence-corrected chi connectivity index (χ1v) is 9.20. The Labute approximate surface area is 157 Å². The van der Waals surface area contributed by atoms with Gasteiger partial charge in [0.25, 0.3) is 5.91 Å². The van der Waals surface area contributed by atoms with Crippen molar-refractivity contribution in [3.8, 4) is 11.5 Å². The highest BCUT2D eigenvalue weighted by molar-refractivity contribution is 6.09. The standard InChI is InChI=1S/C19H23N3O5/c1-12-4-3-7-21(9-12)16(23)10-22-17(24)19(2,20-18(22)25)13-5-6-14-15(8-13)27-11-26-14/h5-6,8,12H,3-4,7,9-11H2,1-2H3,(H,20,25)/t12-,19-/m0/s1. The number of ether oxygens (including phenoxy) is 2. The lowest BCUT2D eigenvalue weighted by molar-refractivity contribution is -0.139. The minimum Gasteiger partial charge on any atom is -0.454 e. The van der Waals surface area contributed by atoms with E-state index < -0.39 is 17.5 Å². The van der Waals surface area contributed by atoms with Crippen LogP contribution >= 0.6 is 0 Å². The molecule has 0 unspecified atom stereocenters. The molecule has 0 spiro atoms. The fraction of sp³-hybridized carbons (Fsp3) is 0.526. The molecule has 27 heavy (non-hydrogen) atoms. The van der Waals surface area contributed by atoms with Gasteiger partial charge in [0.05, 0.1) is 0 Å². The molecule has 4 amide bonds. The molecule has 8 nitrogen and oxygen atoms in total. The van der Waals surface area contributed by atoms with E-state index in [0.29, 0.717) is 36.1 Å². The number of imide groups is 1. The Kier molecular flexibility index (Phi) is 4.20. The monoisotopic (exact) mass is 373 g/mol. The van der Waals surface area contributed by atoms with Crippen LogP contribution in [0.5, 0.6) is 11.5 Å². The number of hydrogen-bond donors (Lipinski definition) is 1. The summed E-state index contributed by atoms with van der Waals surface area (Å²) in [5, 5.41) is 2.72. The molecule has 0 saturated carbocycles. The molecular weight excluding hydrogens is 350 g/mol. The third-order valence-corrected chi connectivity index (χ3v) is 5.53. The number of benzene rings is 1. The highest BCUT2D eigenvalue weighted by atomic mass is 16.7. The van der Waals surface area contributed by atoms with Gasteiger partial charge in [-0.3, -0.25) is 14.5 Å². The number of amides is 4. The van der Waals surface area contributed by atoms with Gasteiger partial charge in [-0.25, -0.2) is 4.79 Å². The molecule has 1 N–H and O–H groups in total. The minimum atomic E-state index is -1.24. The van der Waals surface area contributed by atoms with Crippen molar-refractivity contribution in [1.29, 1.82) is 0 Å². The Morgan fingerprint density at radius 3 is 2.85 bits per heavy atom.